The number of halogens is 1. The predicted molar refractivity (Wildman–Crippen MR) is 75.5 cm³/mol. The molecule has 100 valence electrons. The zero-order chi connectivity index (χ0) is 13.7. The van der Waals surface area contributed by atoms with Gasteiger partial charge in [-0.15, -0.1) is 0 Å². The van der Waals surface area contributed by atoms with E-state index in [1.54, 1.807) is 12.3 Å². The Labute approximate surface area is 113 Å². The molecule has 19 heavy (non-hydrogen) atoms. The molecule has 2 aromatic rings. The first-order chi connectivity index (χ1) is 9.20. The van der Waals surface area contributed by atoms with E-state index >= 15 is 0 Å². The molecule has 1 aromatic heterocycles. The lowest BCUT2D eigenvalue weighted by Crippen LogP contribution is -2.24. The van der Waals surface area contributed by atoms with Gasteiger partial charge in [-0.1, -0.05) is 19.1 Å². The average molecular weight is 258 g/mol. The summed E-state index contributed by atoms with van der Waals surface area (Å²) in [5.41, 5.74) is 3.15. The summed E-state index contributed by atoms with van der Waals surface area (Å²) in [4.78, 5) is 4.36. The topological polar surface area (TPSA) is 24.9 Å². The smallest absolute Gasteiger partial charge is 0.123 e. The Morgan fingerprint density at radius 3 is 2.74 bits per heavy atom. The first-order valence-electron chi connectivity index (χ1n) is 6.60. The number of hydrogen-bond acceptors (Lipinski definition) is 2. The molecule has 1 aromatic carbocycles. The van der Waals surface area contributed by atoms with Gasteiger partial charge in [-0.2, -0.15) is 0 Å². The summed E-state index contributed by atoms with van der Waals surface area (Å²) < 4.78 is 13.2. The number of rotatable bonds is 5. The molecule has 0 spiro atoms. The van der Waals surface area contributed by atoms with Gasteiger partial charge in [0.2, 0.25) is 0 Å². The van der Waals surface area contributed by atoms with Gasteiger partial charge in [-0.3, -0.25) is 4.98 Å². The van der Waals surface area contributed by atoms with Gasteiger partial charge in [0.15, 0.2) is 0 Å². The Kier molecular flexibility index (Phi) is 4.63. The van der Waals surface area contributed by atoms with Crippen LogP contribution in [0.3, 0.4) is 0 Å². The maximum absolute atomic E-state index is 13.2. The molecule has 1 heterocycles. The summed E-state index contributed by atoms with van der Waals surface area (Å²) in [6.07, 6.45) is 2.61. The van der Waals surface area contributed by atoms with Crippen LogP contribution in [0.5, 0.6) is 0 Å². The van der Waals surface area contributed by atoms with Gasteiger partial charge in [0.25, 0.3) is 0 Å². The normalized spacial score (nSPS) is 12.4. The molecule has 0 aliphatic heterocycles. The summed E-state index contributed by atoms with van der Waals surface area (Å²) in [7, 11) is 0. The molecule has 0 saturated heterocycles. The summed E-state index contributed by atoms with van der Waals surface area (Å²) in [5, 5.41) is 3.45. The van der Waals surface area contributed by atoms with Crippen molar-refractivity contribution in [3.05, 3.63) is 65.2 Å². The minimum atomic E-state index is -0.186. The van der Waals surface area contributed by atoms with Crippen LogP contribution in [0, 0.1) is 12.7 Å². The molecule has 0 saturated carbocycles. The van der Waals surface area contributed by atoms with Crippen molar-refractivity contribution in [2.75, 3.05) is 6.54 Å². The fourth-order valence-electron chi connectivity index (χ4n) is 2.30. The molecule has 0 aliphatic carbocycles. The van der Waals surface area contributed by atoms with Crippen LogP contribution in [-0.4, -0.2) is 11.5 Å². The molecule has 2 rings (SSSR count). The fraction of sp³-hybridized carbons (Fsp3) is 0.312. The van der Waals surface area contributed by atoms with Gasteiger partial charge < -0.3 is 5.32 Å². The summed E-state index contributed by atoms with van der Waals surface area (Å²) in [5.74, 6) is -0.186. The number of aromatic nitrogens is 1. The zero-order valence-corrected chi connectivity index (χ0v) is 11.4. The number of pyridine rings is 1. The highest BCUT2D eigenvalue weighted by atomic mass is 19.1. The third kappa shape index (κ3) is 3.61. The van der Waals surface area contributed by atoms with Gasteiger partial charge in [-0.25, -0.2) is 4.39 Å². The van der Waals surface area contributed by atoms with E-state index in [1.165, 1.54) is 6.07 Å². The van der Waals surface area contributed by atoms with Crippen LogP contribution in [0.4, 0.5) is 4.39 Å². The van der Waals surface area contributed by atoms with E-state index < -0.39 is 0 Å². The van der Waals surface area contributed by atoms with Gasteiger partial charge >= 0.3 is 0 Å². The third-order valence-electron chi connectivity index (χ3n) is 3.20. The molecular formula is C16H19FN2. The minimum Gasteiger partial charge on any atom is -0.310 e. The van der Waals surface area contributed by atoms with Crippen LogP contribution in [-0.2, 0) is 6.42 Å². The van der Waals surface area contributed by atoms with E-state index in [9.17, 15) is 4.39 Å². The van der Waals surface area contributed by atoms with Crippen LogP contribution in [0.15, 0.2) is 42.6 Å². The quantitative estimate of drug-likeness (QED) is 0.888. The first-order valence-corrected chi connectivity index (χ1v) is 6.60. The molecule has 0 aliphatic rings. The standard InChI is InChI=1S/C16H19FN2/c1-3-18-16(11-14-6-4-5-9-19-14)15-8-7-13(17)10-12(15)2/h4-10,16,18H,3,11H2,1-2H3. The number of nitrogens with one attached hydrogen (secondary N) is 1. The Bertz CT molecular complexity index is 526. The molecule has 1 unspecified atom stereocenters. The fourth-order valence-corrected chi connectivity index (χ4v) is 2.30. The molecule has 0 amide bonds. The highest BCUT2D eigenvalue weighted by molar-refractivity contribution is 5.30. The van der Waals surface area contributed by atoms with Crippen LogP contribution in [0.1, 0.15) is 29.8 Å². The van der Waals surface area contributed by atoms with Crippen molar-refractivity contribution in [2.24, 2.45) is 0 Å². The van der Waals surface area contributed by atoms with E-state index in [4.69, 9.17) is 0 Å². The zero-order valence-electron chi connectivity index (χ0n) is 11.4. The number of benzene rings is 1. The first kappa shape index (κ1) is 13.7. The van der Waals surface area contributed by atoms with E-state index in [-0.39, 0.29) is 11.9 Å². The van der Waals surface area contributed by atoms with Gasteiger partial charge in [0.1, 0.15) is 5.82 Å². The maximum atomic E-state index is 13.2. The van der Waals surface area contributed by atoms with Crippen molar-refractivity contribution in [1.29, 1.82) is 0 Å². The number of likely N-dealkylation sites (N-methyl/N-ethyl adjacent to an activating group) is 1. The molecule has 0 bridgehead atoms. The van der Waals surface area contributed by atoms with Gasteiger partial charge in [0, 0.05) is 24.4 Å². The Balaban J connectivity index is 2.24. The lowest BCUT2D eigenvalue weighted by Gasteiger charge is -2.20. The number of hydrogen-bond donors (Lipinski definition) is 1. The monoisotopic (exact) mass is 258 g/mol. The van der Waals surface area contributed by atoms with Crippen molar-refractivity contribution in [1.82, 2.24) is 10.3 Å². The summed E-state index contributed by atoms with van der Waals surface area (Å²) in [6.45, 7) is 4.89. The Morgan fingerprint density at radius 2 is 2.11 bits per heavy atom. The summed E-state index contributed by atoms with van der Waals surface area (Å²) >= 11 is 0. The van der Waals surface area contributed by atoms with Crippen LogP contribution >= 0.6 is 0 Å². The van der Waals surface area contributed by atoms with E-state index in [0.29, 0.717) is 0 Å². The predicted octanol–water partition coefficient (Wildman–Crippen LogP) is 3.42. The molecule has 2 nitrogen and oxygen atoms in total. The van der Waals surface area contributed by atoms with Gasteiger partial charge in [-0.05, 0) is 48.9 Å². The van der Waals surface area contributed by atoms with Crippen LogP contribution in [0.25, 0.3) is 0 Å². The van der Waals surface area contributed by atoms with E-state index in [0.717, 1.165) is 29.8 Å². The van der Waals surface area contributed by atoms with Crippen molar-refractivity contribution in [2.45, 2.75) is 26.3 Å². The average Bonchev–Trinajstić information content (AvgIpc) is 2.39. The molecule has 1 N–H and O–H groups in total. The number of aryl methyl sites for hydroxylation is 1. The largest absolute Gasteiger partial charge is 0.310 e. The van der Waals surface area contributed by atoms with Crippen LogP contribution < -0.4 is 5.32 Å². The molecule has 0 radical (unpaired) electrons. The number of nitrogens with zero attached hydrogens (tertiary/aromatic N) is 1. The van der Waals surface area contributed by atoms with Crippen molar-refractivity contribution in [3.63, 3.8) is 0 Å². The highest BCUT2D eigenvalue weighted by Crippen LogP contribution is 2.21. The lowest BCUT2D eigenvalue weighted by atomic mass is 9.97. The SMILES string of the molecule is CCNC(Cc1ccccn1)c1ccc(F)cc1C. The van der Waals surface area contributed by atoms with Crippen molar-refractivity contribution < 1.29 is 4.39 Å². The van der Waals surface area contributed by atoms with Crippen molar-refractivity contribution in [3.8, 4) is 0 Å². The summed E-state index contributed by atoms with van der Waals surface area (Å²) in [6, 6.07) is 11.0. The second-order valence-corrected chi connectivity index (χ2v) is 4.64. The van der Waals surface area contributed by atoms with Gasteiger partial charge in [0.05, 0.1) is 0 Å². The van der Waals surface area contributed by atoms with E-state index in [2.05, 4.69) is 17.2 Å². The maximum Gasteiger partial charge on any atom is 0.123 e. The van der Waals surface area contributed by atoms with Crippen molar-refractivity contribution >= 4 is 0 Å². The van der Waals surface area contributed by atoms with E-state index in [1.807, 2.05) is 31.2 Å². The van der Waals surface area contributed by atoms with Crippen LogP contribution in [0.2, 0.25) is 0 Å². The second kappa shape index (κ2) is 6.43. The molecule has 3 heteroatoms. The Hall–Kier alpha value is -1.74. The third-order valence-corrected chi connectivity index (χ3v) is 3.20. The molecular weight excluding hydrogens is 239 g/mol. The molecule has 1 atom stereocenters. The lowest BCUT2D eigenvalue weighted by molar-refractivity contribution is 0.539. The second-order valence-electron chi connectivity index (χ2n) is 4.64. The minimum absolute atomic E-state index is 0.167. The highest BCUT2D eigenvalue weighted by Gasteiger charge is 2.14. The Morgan fingerprint density at radius 1 is 1.26 bits per heavy atom. The molecule has 0 fully saturated rings.